The number of hydrogen-bond acceptors (Lipinski definition) is 6. The van der Waals surface area contributed by atoms with Gasteiger partial charge in [0.25, 0.3) is 0 Å². The van der Waals surface area contributed by atoms with E-state index in [-0.39, 0.29) is 5.91 Å². The summed E-state index contributed by atoms with van der Waals surface area (Å²) < 4.78 is 16.6. The predicted octanol–water partition coefficient (Wildman–Crippen LogP) is 6.92. The number of benzene rings is 2. The molecular formula is C34H31FN6O. The van der Waals surface area contributed by atoms with Gasteiger partial charge in [-0.2, -0.15) is 0 Å². The van der Waals surface area contributed by atoms with Crippen LogP contribution in [0.25, 0.3) is 22.4 Å². The minimum absolute atomic E-state index is 0.0977. The van der Waals surface area contributed by atoms with Crippen LogP contribution in [0.3, 0.4) is 0 Å². The topological polar surface area (TPSA) is 91.6 Å². The van der Waals surface area contributed by atoms with Crippen molar-refractivity contribution in [3.05, 3.63) is 107 Å². The van der Waals surface area contributed by atoms with E-state index in [1.807, 2.05) is 31.2 Å². The Hall–Kier alpha value is -4.98. The summed E-state index contributed by atoms with van der Waals surface area (Å²) in [4.78, 5) is 30.3. The fourth-order valence-corrected chi connectivity index (χ4v) is 5.44. The van der Waals surface area contributed by atoms with E-state index in [9.17, 15) is 4.79 Å². The number of carbonyl (C=O) groups excluding carboxylic acids is 1. The molecule has 0 saturated carbocycles. The van der Waals surface area contributed by atoms with Crippen LogP contribution in [0, 0.1) is 12.7 Å². The van der Waals surface area contributed by atoms with Gasteiger partial charge < -0.3 is 10.6 Å². The SMILES string of the molecule is CCCC(=O)Nc1cncc(-c2ccc3c(c2F)C(C2=CCc4c(-c5ccccn5)ccc(C)c4N2)=NCC=NC3)c1. The monoisotopic (exact) mass is 558 g/mol. The molecule has 2 aliphatic rings. The second-order valence-electron chi connectivity index (χ2n) is 10.4. The molecule has 8 heteroatoms. The first kappa shape index (κ1) is 27.2. The van der Waals surface area contributed by atoms with Crippen LogP contribution in [-0.2, 0) is 17.8 Å². The van der Waals surface area contributed by atoms with Crippen molar-refractivity contribution < 1.29 is 9.18 Å². The zero-order chi connectivity index (χ0) is 29.1. The normalized spacial score (nSPS) is 14.0. The van der Waals surface area contributed by atoms with E-state index in [0.717, 1.165) is 45.8 Å². The Morgan fingerprint density at radius 2 is 1.98 bits per heavy atom. The van der Waals surface area contributed by atoms with Crippen molar-refractivity contribution in [2.24, 2.45) is 9.98 Å². The van der Waals surface area contributed by atoms with Gasteiger partial charge in [-0.25, -0.2) is 4.39 Å². The molecule has 4 aromatic rings. The molecule has 2 N–H and O–H groups in total. The summed E-state index contributed by atoms with van der Waals surface area (Å²) in [5.41, 5.74) is 9.18. The van der Waals surface area contributed by atoms with Crippen LogP contribution in [-0.4, -0.2) is 34.3 Å². The van der Waals surface area contributed by atoms with Crippen LogP contribution < -0.4 is 10.6 Å². The average molecular weight is 559 g/mol. The maximum Gasteiger partial charge on any atom is 0.224 e. The molecule has 0 unspecified atom stereocenters. The maximum absolute atomic E-state index is 16.6. The van der Waals surface area contributed by atoms with Gasteiger partial charge in [0.1, 0.15) is 5.82 Å². The first-order chi connectivity index (χ1) is 20.5. The molecule has 0 radical (unpaired) electrons. The van der Waals surface area contributed by atoms with Crippen molar-refractivity contribution in [3.8, 4) is 22.4 Å². The number of aliphatic imine (C=N–C) groups is 2. The fourth-order valence-electron chi connectivity index (χ4n) is 5.44. The third kappa shape index (κ3) is 5.35. The van der Waals surface area contributed by atoms with Crippen molar-refractivity contribution in [2.75, 3.05) is 17.2 Å². The summed E-state index contributed by atoms with van der Waals surface area (Å²) in [5, 5.41) is 6.45. The molecule has 4 heterocycles. The van der Waals surface area contributed by atoms with E-state index in [2.05, 4.69) is 50.7 Å². The van der Waals surface area contributed by atoms with Gasteiger partial charge >= 0.3 is 0 Å². The number of hydrogen-bond donors (Lipinski definition) is 2. The predicted molar refractivity (Wildman–Crippen MR) is 167 cm³/mol. The Kier molecular flexibility index (Phi) is 7.68. The quantitative estimate of drug-likeness (QED) is 0.269. The Morgan fingerprint density at radius 3 is 2.81 bits per heavy atom. The minimum atomic E-state index is -0.394. The molecule has 210 valence electrons. The van der Waals surface area contributed by atoms with Crippen molar-refractivity contribution in [2.45, 2.75) is 39.7 Å². The Balaban J connectivity index is 1.40. The summed E-state index contributed by atoms with van der Waals surface area (Å²) in [7, 11) is 0. The number of halogens is 1. The van der Waals surface area contributed by atoms with Gasteiger partial charge in [-0.3, -0.25) is 24.7 Å². The van der Waals surface area contributed by atoms with Crippen LogP contribution in [0.2, 0.25) is 0 Å². The summed E-state index contributed by atoms with van der Waals surface area (Å²) in [6.07, 6.45) is 10.6. The van der Waals surface area contributed by atoms with Crippen LogP contribution in [0.4, 0.5) is 15.8 Å². The molecule has 42 heavy (non-hydrogen) atoms. The number of allylic oxidation sites excluding steroid dienone is 2. The maximum atomic E-state index is 16.6. The molecule has 0 fully saturated rings. The van der Waals surface area contributed by atoms with Crippen molar-refractivity contribution in [1.29, 1.82) is 0 Å². The Labute approximate surface area is 244 Å². The van der Waals surface area contributed by atoms with Crippen LogP contribution in [0.15, 0.2) is 88.9 Å². The van der Waals surface area contributed by atoms with Crippen LogP contribution in [0.1, 0.15) is 42.0 Å². The molecule has 0 spiro atoms. The zero-order valence-corrected chi connectivity index (χ0v) is 23.6. The van der Waals surface area contributed by atoms with Crippen molar-refractivity contribution >= 4 is 29.2 Å². The van der Waals surface area contributed by atoms with Gasteiger partial charge in [-0.1, -0.05) is 43.3 Å². The lowest BCUT2D eigenvalue weighted by molar-refractivity contribution is -0.116. The number of carbonyl (C=O) groups is 1. The number of rotatable bonds is 6. The van der Waals surface area contributed by atoms with Crippen LogP contribution >= 0.6 is 0 Å². The summed E-state index contributed by atoms with van der Waals surface area (Å²) in [6, 6.07) is 15.5. The van der Waals surface area contributed by atoms with E-state index >= 15 is 4.39 Å². The second-order valence-corrected chi connectivity index (χ2v) is 10.4. The van der Waals surface area contributed by atoms with Gasteiger partial charge in [-0.15, -0.1) is 0 Å². The second kappa shape index (κ2) is 11.9. The lowest BCUT2D eigenvalue weighted by Gasteiger charge is -2.26. The number of nitrogens with zero attached hydrogens (tertiary/aromatic N) is 4. The molecule has 2 aromatic heterocycles. The van der Waals surface area contributed by atoms with E-state index in [0.29, 0.717) is 54.0 Å². The highest BCUT2D eigenvalue weighted by molar-refractivity contribution is 6.16. The third-order valence-electron chi connectivity index (χ3n) is 7.48. The molecule has 2 aromatic carbocycles. The van der Waals surface area contributed by atoms with Crippen molar-refractivity contribution in [1.82, 2.24) is 9.97 Å². The van der Waals surface area contributed by atoms with E-state index in [4.69, 9.17) is 4.99 Å². The van der Waals surface area contributed by atoms with E-state index in [1.165, 1.54) is 0 Å². The first-order valence-corrected chi connectivity index (χ1v) is 14.1. The highest BCUT2D eigenvalue weighted by Crippen LogP contribution is 2.37. The molecular weight excluding hydrogens is 527 g/mol. The number of amides is 1. The molecule has 6 rings (SSSR count). The zero-order valence-electron chi connectivity index (χ0n) is 23.6. The highest BCUT2D eigenvalue weighted by Gasteiger charge is 2.26. The number of fused-ring (bicyclic) bond motifs is 2. The number of pyridine rings is 2. The number of aromatic nitrogens is 2. The molecule has 0 bridgehead atoms. The Morgan fingerprint density at radius 1 is 1.10 bits per heavy atom. The summed E-state index contributed by atoms with van der Waals surface area (Å²) >= 11 is 0. The van der Waals surface area contributed by atoms with E-state index < -0.39 is 5.82 Å². The van der Waals surface area contributed by atoms with Gasteiger partial charge in [0.15, 0.2) is 0 Å². The van der Waals surface area contributed by atoms with Gasteiger partial charge in [0, 0.05) is 53.0 Å². The largest absolute Gasteiger partial charge is 0.354 e. The molecule has 0 aliphatic carbocycles. The minimum Gasteiger partial charge on any atom is -0.354 e. The fraction of sp³-hybridized carbons (Fsp3) is 0.206. The molecule has 2 aliphatic heterocycles. The van der Waals surface area contributed by atoms with Gasteiger partial charge in [0.05, 0.1) is 42.1 Å². The smallest absolute Gasteiger partial charge is 0.224 e. The number of aryl methyl sites for hydroxylation is 1. The summed E-state index contributed by atoms with van der Waals surface area (Å²) in [6.45, 7) is 4.71. The number of anilines is 2. The third-order valence-corrected chi connectivity index (χ3v) is 7.48. The number of nitrogens with one attached hydrogen (secondary N) is 2. The molecule has 0 atom stereocenters. The van der Waals surface area contributed by atoms with Crippen molar-refractivity contribution in [3.63, 3.8) is 0 Å². The van der Waals surface area contributed by atoms with E-state index in [1.54, 1.807) is 36.9 Å². The first-order valence-electron chi connectivity index (χ1n) is 14.1. The Bertz CT molecular complexity index is 1760. The van der Waals surface area contributed by atoms with Crippen LogP contribution in [0.5, 0.6) is 0 Å². The molecule has 0 saturated heterocycles. The lowest BCUT2D eigenvalue weighted by atomic mass is 9.90. The molecule has 1 amide bonds. The summed E-state index contributed by atoms with van der Waals surface area (Å²) in [5.74, 6) is -0.492. The average Bonchev–Trinajstić information content (AvgIpc) is 2.99. The molecule has 7 nitrogen and oxygen atoms in total. The van der Waals surface area contributed by atoms with Gasteiger partial charge in [-0.05, 0) is 54.7 Å². The lowest BCUT2D eigenvalue weighted by Crippen LogP contribution is -2.22. The standard InChI is InChI=1S/C34H31FN6O/c1-3-6-30(42)40-24-17-23(19-37-20-24)25-11-9-22-18-36-15-16-39-34(31(22)32(25)35)29-13-12-27-26(28-7-4-5-14-38-28)10-8-21(2)33(27)41-29/h4-5,7-11,13-15,17,19-20,41H,3,6,12,16,18H2,1-2H3,(H,40,42). The van der Waals surface area contributed by atoms with Gasteiger partial charge in [0.2, 0.25) is 5.91 Å². The highest BCUT2D eigenvalue weighted by atomic mass is 19.1.